The molecule has 5 nitrogen and oxygen atoms in total. The van der Waals surface area contributed by atoms with Crippen molar-refractivity contribution in [2.75, 3.05) is 23.3 Å². The molecule has 3 amide bonds. The van der Waals surface area contributed by atoms with E-state index in [9.17, 15) is 9.59 Å². The molecule has 0 bridgehead atoms. The number of carbonyl (C=O) groups excluding carboxylic acids is 2. The standard InChI is InChI=1S/C15H21N3O2/c1-3-5-11(2)14(19)17-12-6-4-7-13(10-12)18-9-8-16-15(18)20/h4,6-7,10-11H,3,5,8-9H2,1-2H3,(H,16,20)(H,17,19)/t11-/m1/s1. The van der Waals surface area contributed by atoms with Crippen LogP contribution in [0.5, 0.6) is 0 Å². The first kappa shape index (κ1) is 14.4. The SMILES string of the molecule is CCC[C@@H](C)C(=O)Nc1cccc(N2CCNC2=O)c1. The van der Waals surface area contributed by atoms with E-state index in [-0.39, 0.29) is 17.9 Å². The molecule has 0 aromatic heterocycles. The zero-order chi connectivity index (χ0) is 14.5. The molecule has 1 saturated heterocycles. The Balaban J connectivity index is 2.06. The molecule has 2 N–H and O–H groups in total. The van der Waals surface area contributed by atoms with Crippen molar-refractivity contribution in [3.8, 4) is 0 Å². The summed E-state index contributed by atoms with van der Waals surface area (Å²) in [6.45, 7) is 5.30. The van der Waals surface area contributed by atoms with Gasteiger partial charge in [0.05, 0.1) is 0 Å². The smallest absolute Gasteiger partial charge is 0.321 e. The molecule has 1 heterocycles. The number of rotatable bonds is 5. The molecule has 20 heavy (non-hydrogen) atoms. The van der Waals surface area contributed by atoms with Crippen LogP contribution in [0.2, 0.25) is 0 Å². The molecule has 0 unspecified atom stereocenters. The molecule has 108 valence electrons. The van der Waals surface area contributed by atoms with Crippen molar-refractivity contribution >= 4 is 23.3 Å². The summed E-state index contributed by atoms with van der Waals surface area (Å²) >= 11 is 0. The van der Waals surface area contributed by atoms with Crippen molar-refractivity contribution in [1.82, 2.24) is 5.32 Å². The van der Waals surface area contributed by atoms with Gasteiger partial charge in [0.15, 0.2) is 0 Å². The number of amides is 3. The van der Waals surface area contributed by atoms with Gasteiger partial charge in [0.1, 0.15) is 0 Å². The molecular weight excluding hydrogens is 254 g/mol. The number of hydrogen-bond acceptors (Lipinski definition) is 2. The van der Waals surface area contributed by atoms with Gasteiger partial charge in [0, 0.05) is 30.4 Å². The fourth-order valence-electron chi connectivity index (χ4n) is 2.30. The zero-order valence-electron chi connectivity index (χ0n) is 12.0. The van der Waals surface area contributed by atoms with Gasteiger partial charge in [0.25, 0.3) is 0 Å². The Kier molecular flexibility index (Phi) is 4.61. The van der Waals surface area contributed by atoms with Crippen LogP contribution in [0.4, 0.5) is 16.2 Å². The van der Waals surface area contributed by atoms with Gasteiger partial charge in [-0.25, -0.2) is 4.79 Å². The normalized spacial score (nSPS) is 15.9. The van der Waals surface area contributed by atoms with E-state index in [1.54, 1.807) is 4.90 Å². The highest BCUT2D eigenvalue weighted by molar-refractivity contribution is 5.96. The lowest BCUT2D eigenvalue weighted by atomic mass is 10.1. The minimum absolute atomic E-state index is 0.00117. The first-order valence-corrected chi connectivity index (χ1v) is 7.08. The van der Waals surface area contributed by atoms with Crippen LogP contribution in [0.25, 0.3) is 0 Å². The molecule has 1 aliphatic rings. The maximum Gasteiger partial charge on any atom is 0.321 e. The molecule has 0 radical (unpaired) electrons. The topological polar surface area (TPSA) is 61.4 Å². The summed E-state index contributed by atoms with van der Waals surface area (Å²) < 4.78 is 0. The van der Waals surface area contributed by atoms with Gasteiger partial charge in [-0.15, -0.1) is 0 Å². The third kappa shape index (κ3) is 3.29. The van der Waals surface area contributed by atoms with Crippen molar-refractivity contribution in [2.24, 2.45) is 5.92 Å². The average Bonchev–Trinajstić information content (AvgIpc) is 2.85. The second kappa shape index (κ2) is 6.41. The molecule has 1 atom stereocenters. The van der Waals surface area contributed by atoms with Crippen LogP contribution in [0.15, 0.2) is 24.3 Å². The van der Waals surface area contributed by atoms with Crippen molar-refractivity contribution in [3.63, 3.8) is 0 Å². The van der Waals surface area contributed by atoms with Crippen LogP contribution in [-0.2, 0) is 4.79 Å². The quantitative estimate of drug-likeness (QED) is 0.867. The highest BCUT2D eigenvalue weighted by Gasteiger charge is 2.21. The van der Waals surface area contributed by atoms with Crippen LogP contribution in [0.1, 0.15) is 26.7 Å². The van der Waals surface area contributed by atoms with E-state index in [0.29, 0.717) is 13.1 Å². The minimum atomic E-state index is -0.0900. The Labute approximate surface area is 119 Å². The first-order valence-electron chi connectivity index (χ1n) is 7.08. The fourth-order valence-corrected chi connectivity index (χ4v) is 2.30. The predicted molar refractivity (Wildman–Crippen MR) is 79.9 cm³/mol. The molecule has 0 spiro atoms. The van der Waals surface area contributed by atoms with E-state index < -0.39 is 0 Å². The van der Waals surface area contributed by atoms with Gasteiger partial charge in [-0.05, 0) is 24.6 Å². The lowest BCUT2D eigenvalue weighted by molar-refractivity contribution is -0.119. The Hall–Kier alpha value is -2.04. The summed E-state index contributed by atoms with van der Waals surface area (Å²) in [4.78, 5) is 25.3. The Morgan fingerprint density at radius 1 is 1.50 bits per heavy atom. The second-order valence-corrected chi connectivity index (χ2v) is 5.11. The monoisotopic (exact) mass is 275 g/mol. The predicted octanol–water partition coefficient (Wildman–Crippen LogP) is 2.59. The van der Waals surface area contributed by atoms with Crippen LogP contribution < -0.4 is 15.5 Å². The van der Waals surface area contributed by atoms with E-state index in [2.05, 4.69) is 17.6 Å². The summed E-state index contributed by atoms with van der Waals surface area (Å²) in [5.41, 5.74) is 1.54. The van der Waals surface area contributed by atoms with Gasteiger partial charge in [-0.1, -0.05) is 26.3 Å². The molecular formula is C15H21N3O2. The summed E-state index contributed by atoms with van der Waals surface area (Å²) in [7, 11) is 0. The number of benzene rings is 1. The molecule has 1 aliphatic heterocycles. The molecule has 0 saturated carbocycles. The fraction of sp³-hybridized carbons (Fsp3) is 0.467. The Morgan fingerprint density at radius 2 is 2.30 bits per heavy atom. The van der Waals surface area contributed by atoms with Crippen molar-refractivity contribution < 1.29 is 9.59 Å². The van der Waals surface area contributed by atoms with Crippen molar-refractivity contribution in [1.29, 1.82) is 0 Å². The maximum atomic E-state index is 12.0. The highest BCUT2D eigenvalue weighted by atomic mass is 16.2. The Morgan fingerprint density at radius 3 is 2.95 bits per heavy atom. The lowest BCUT2D eigenvalue weighted by Crippen LogP contribution is -2.27. The molecule has 2 rings (SSSR count). The van der Waals surface area contributed by atoms with Gasteiger partial charge < -0.3 is 10.6 Å². The van der Waals surface area contributed by atoms with E-state index in [0.717, 1.165) is 24.2 Å². The van der Waals surface area contributed by atoms with Gasteiger partial charge >= 0.3 is 6.03 Å². The largest absolute Gasteiger partial charge is 0.336 e. The molecule has 1 fully saturated rings. The van der Waals surface area contributed by atoms with Crippen LogP contribution in [0.3, 0.4) is 0 Å². The number of carbonyl (C=O) groups is 2. The third-order valence-electron chi connectivity index (χ3n) is 3.45. The average molecular weight is 275 g/mol. The third-order valence-corrected chi connectivity index (χ3v) is 3.45. The van der Waals surface area contributed by atoms with E-state index >= 15 is 0 Å². The molecule has 1 aromatic rings. The minimum Gasteiger partial charge on any atom is -0.336 e. The van der Waals surface area contributed by atoms with Crippen molar-refractivity contribution in [3.05, 3.63) is 24.3 Å². The number of nitrogens with one attached hydrogen (secondary N) is 2. The summed E-state index contributed by atoms with van der Waals surface area (Å²) in [5.74, 6) is 0.0219. The lowest BCUT2D eigenvalue weighted by Gasteiger charge is -2.16. The van der Waals surface area contributed by atoms with Gasteiger partial charge in [0.2, 0.25) is 5.91 Å². The van der Waals surface area contributed by atoms with Gasteiger partial charge in [-0.3, -0.25) is 9.69 Å². The first-order chi connectivity index (χ1) is 9.61. The highest BCUT2D eigenvalue weighted by Crippen LogP contribution is 2.21. The molecule has 0 aliphatic carbocycles. The summed E-state index contributed by atoms with van der Waals surface area (Å²) in [5, 5.41) is 5.67. The zero-order valence-corrected chi connectivity index (χ0v) is 12.0. The van der Waals surface area contributed by atoms with Crippen LogP contribution in [-0.4, -0.2) is 25.0 Å². The van der Waals surface area contributed by atoms with E-state index in [1.165, 1.54) is 0 Å². The summed E-state index contributed by atoms with van der Waals surface area (Å²) in [6, 6.07) is 7.31. The Bertz CT molecular complexity index is 502. The molecule has 5 heteroatoms. The van der Waals surface area contributed by atoms with Crippen LogP contribution >= 0.6 is 0 Å². The second-order valence-electron chi connectivity index (χ2n) is 5.11. The summed E-state index contributed by atoms with van der Waals surface area (Å²) in [6.07, 6.45) is 1.86. The number of anilines is 2. The maximum absolute atomic E-state index is 12.0. The van der Waals surface area contributed by atoms with E-state index in [4.69, 9.17) is 0 Å². The number of hydrogen-bond donors (Lipinski definition) is 2. The number of urea groups is 1. The van der Waals surface area contributed by atoms with Crippen molar-refractivity contribution in [2.45, 2.75) is 26.7 Å². The van der Waals surface area contributed by atoms with Crippen LogP contribution in [0, 0.1) is 5.92 Å². The number of nitrogens with zero attached hydrogens (tertiary/aromatic N) is 1. The molecule has 1 aromatic carbocycles. The van der Waals surface area contributed by atoms with Gasteiger partial charge in [-0.2, -0.15) is 0 Å². The van der Waals surface area contributed by atoms with E-state index in [1.807, 2.05) is 31.2 Å².